The molecule has 0 saturated heterocycles. The highest BCUT2D eigenvalue weighted by Gasteiger charge is 2.41. The summed E-state index contributed by atoms with van der Waals surface area (Å²) in [4.78, 5) is -0.0866. The number of fused-ring (bicyclic) bond motifs is 3. The van der Waals surface area contributed by atoms with Gasteiger partial charge in [0.25, 0.3) is 6.29 Å². The predicted molar refractivity (Wildman–Crippen MR) is 122 cm³/mol. The van der Waals surface area contributed by atoms with Gasteiger partial charge in [-0.2, -0.15) is 16.8 Å². The van der Waals surface area contributed by atoms with Gasteiger partial charge in [0.1, 0.15) is 21.3 Å². The summed E-state index contributed by atoms with van der Waals surface area (Å²) in [5.41, 5.74) is 2.21. The Hall–Kier alpha value is -3.50. The van der Waals surface area contributed by atoms with E-state index in [1.54, 1.807) is 30.3 Å². The van der Waals surface area contributed by atoms with Crippen LogP contribution < -0.4 is 13.1 Å². The van der Waals surface area contributed by atoms with Gasteiger partial charge in [0.15, 0.2) is 5.75 Å². The Morgan fingerprint density at radius 1 is 0.765 bits per heavy atom. The maximum Gasteiger partial charge on any atom is 0.339 e. The fourth-order valence-electron chi connectivity index (χ4n) is 3.71. The molecule has 176 valence electrons. The van der Waals surface area contributed by atoms with Gasteiger partial charge in [-0.05, 0) is 44.2 Å². The quantitative estimate of drug-likeness (QED) is 0.464. The summed E-state index contributed by atoms with van der Waals surface area (Å²) < 4.78 is 73.5. The molecule has 2 atom stereocenters. The fraction of sp³-hybridized carbons (Fsp3) is 0.167. The third kappa shape index (κ3) is 4.10. The Morgan fingerprint density at radius 2 is 1.32 bits per heavy atom. The smallest absolute Gasteiger partial charge is 0.339 e. The van der Waals surface area contributed by atoms with Crippen molar-refractivity contribution in [2.24, 2.45) is 0 Å². The first-order chi connectivity index (χ1) is 16.1. The molecule has 0 unspecified atom stereocenters. The van der Waals surface area contributed by atoms with E-state index in [2.05, 4.69) is 0 Å². The molecule has 0 radical (unpaired) electrons. The van der Waals surface area contributed by atoms with E-state index in [0.29, 0.717) is 5.56 Å². The highest BCUT2D eigenvalue weighted by molar-refractivity contribution is 7.87. The van der Waals surface area contributed by atoms with Crippen LogP contribution in [0.4, 0.5) is 0 Å². The van der Waals surface area contributed by atoms with Crippen molar-refractivity contribution in [3.8, 4) is 17.2 Å². The third-order valence-electron chi connectivity index (χ3n) is 5.47. The molecule has 8 nitrogen and oxygen atoms in total. The zero-order valence-electron chi connectivity index (χ0n) is 18.2. The van der Waals surface area contributed by atoms with Crippen molar-refractivity contribution in [2.45, 2.75) is 35.8 Å². The van der Waals surface area contributed by atoms with E-state index in [-0.39, 0.29) is 27.0 Å². The summed E-state index contributed by atoms with van der Waals surface area (Å²) in [5.74, 6) is -0.460. The summed E-state index contributed by atoms with van der Waals surface area (Å²) in [5, 5.41) is 0. The lowest BCUT2D eigenvalue weighted by molar-refractivity contribution is -0.00486. The SMILES string of the molecule is Cc1ccc(S(=O)(=O)Oc2cc3c(c(OS(=O)(=O)c4ccc(C)cc4)c2)[C@H]2C=CO[C@H]2O3)cc1. The average molecular weight is 501 g/mol. The monoisotopic (exact) mass is 500 g/mol. The maximum absolute atomic E-state index is 13.0. The first-order valence-electron chi connectivity index (χ1n) is 10.3. The lowest BCUT2D eigenvalue weighted by Crippen LogP contribution is -2.15. The van der Waals surface area contributed by atoms with E-state index < -0.39 is 32.4 Å². The first-order valence-corrected chi connectivity index (χ1v) is 13.1. The van der Waals surface area contributed by atoms with Gasteiger partial charge in [-0.25, -0.2) is 0 Å². The minimum absolute atomic E-state index is 0.0425. The van der Waals surface area contributed by atoms with E-state index in [1.807, 2.05) is 13.8 Å². The van der Waals surface area contributed by atoms with E-state index >= 15 is 0 Å². The maximum atomic E-state index is 13.0. The summed E-state index contributed by atoms with van der Waals surface area (Å²) in [6.45, 7) is 3.67. The summed E-state index contributed by atoms with van der Waals surface area (Å²) in [6, 6.07) is 14.9. The molecular formula is C24H20O8S2. The lowest BCUT2D eigenvalue weighted by atomic mass is 10.00. The van der Waals surface area contributed by atoms with Crippen LogP contribution in [0.15, 0.2) is 82.8 Å². The molecule has 0 bridgehead atoms. The van der Waals surface area contributed by atoms with Gasteiger partial charge in [0, 0.05) is 12.1 Å². The van der Waals surface area contributed by atoms with Gasteiger partial charge in [-0.3, -0.25) is 0 Å². The highest BCUT2D eigenvalue weighted by atomic mass is 32.2. The molecule has 0 aromatic heterocycles. The predicted octanol–water partition coefficient (Wildman–Crippen LogP) is 4.18. The molecular weight excluding hydrogens is 480 g/mol. The van der Waals surface area contributed by atoms with Crippen LogP contribution in [-0.4, -0.2) is 23.1 Å². The number of aryl methyl sites for hydroxylation is 2. The van der Waals surface area contributed by atoms with Crippen LogP contribution in [0.1, 0.15) is 22.6 Å². The first kappa shape index (κ1) is 22.3. The average Bonchev–Trinajstić information content (AvgIpc) is 3.34. The van der Waals surface area contributed by atoms with Crippen LogP contribution in [0.5, 0.6) is 17.2 Å². The van der Waals surface area contributed by atoms with E-state index in [1.165, 1.54) is 42.7 Å². The molecule has 5 rings (SSSR count). The Balaban J connectivity index is 1.55. The van der Waals surface area contributed by atoms with Crippen LogP contribution in [-0.2, 0) is 25.0 Å². The van der Waals surface area contributed by atoms with E-state index in [9.17, 15) is 16.8 Å². The summed E-state index contributed by atoms with van der Waals surface area (Å²) in [6.07, 6.45) is 2.47. The zero-order chi connectivity index (χ0) is 24.1. The molecule has 2 heterocycles. The van der Waals surface area contributed by atoms with Crippen molar-refractivity contribution >= 4 is 20.2 Å². The molecule has 0 fully saturated rings. The van der Waals surface area contributed by atoms with Crippen LogP contribution in [0.3, 0.4) is 0 Å². The standard InChI is InChI=1S/C24H20O8S2/c1-15-3-7-18(8-4-15)33(25,26)31-17-13-21-23(20-11-12-29-24(20)30-21)22(14-17)32-34(27,28)19-9-5-16(2)6-10-19/h3-14,20,24H,1-2H3/t20-,24+/m1/s1. The second-order valence-corrected chi connectivity index (χ2v) is 11.1. The second kappa shape index (κ2) is 8.07. The van der Waals surface area contributed by atoms with Gasteiger partial charge in [-0.15, -0.1) is 0 Å². The number of rotatable bonds is 6. The van der Waals surface area contributed by atoms with Crippen molar-refractivity contribution in [1.82, 2.24) is 0 Å². The zero-order valence-corrected chi connectivity index (χ0v) is 19.8. The molecule has 0 aliphatic carbocycles. The van der Waals surface area contributed by atoms with Crippen LogP contribution in [0, 0.1) is 13.8 Å². The number of hydrogen-bond donors (Lipinski definition) is 0. The highest BCUT2D eigenvalue weighted by Crippen LogP contribution is 2.50. The Labute approximate surface area is 197 Å². The summed E-state index contributed by atoms with van der Waals surface area (Å²) >= 11 is 0. The van der Waals surface area contributed by atoms with Gasteiger partial charge in [0.05, 0.1) is 17.7 Å². The fourth-order valence-corrected chi connectivity index (χ4v) is 5.57. The van der Waals surface area contributed by atoms with Crippen LogP contribution in [0.2, 0.25) is 0 Å². The molecule has 0 N–H and O–H groups in total. The second-order valence-electron chi connectivity index (χ2n) is 8.01. The summed E-state index contributed by atoms with van der Waals surface area (Å²) in [7, 11) is -8.41. The topological polar surface area (TPSA) is 105 Å². The molecule has 0 spiro atoms. The van der Waals surface area contributed by atoms with Crippen molar-refractivity contribution in [3.63, 3.8) is 0 Å². The number of ether oxygens (including phenoxy) is 2. The van der Waals surface area contributed by atoms with Gasteiger partial charge >= 0.3 is 20.2 Å². The van der Waals surface area contributed by atoms with E-state index in [4.69, 9.17) is 17.8 Å². The minimum atomic E-state index is -4.22. The molecule has 3 aromatic rings. The number of hydrogen-bond acceptors (Lipinski definition) is 8. The Morgan fingerprint density at radius 3 is 1.91 bits per heavy atom. The van der Waals surface area contributed by atoms with Crippen molar-refractivity contribution in [3.05, 3.63) is 89.7 Å². The lowest BCUT2D eigenvalue weighted by Gasteiger charge is -2.14. The molecule has 2 aliphatic rings. The molecule has 0 saturated carbocycles. The van der Waals surface area contributed by atoms with Crippen molar-refractivity contribution in [1.29, 1.82) is 0 Å². The number of benzene rings is 3. The van der Waals surface area contributed by atoms with E-state index in [0.717, 1.165) is 11.1 Å². The van der Waals surface area contributed by atoms with Gasteiger partial charge in [0.2, 0.25) is 0 Å². The normalized spacial score (nSPS) is 18.5. The molecule has 34 heavy (non-hydrogen) atoms. The van der Waals surface area contributed by atoms with Gasteiger partial charge in [-0.1, -0.05) is 35.4 Å². The Bertz CT molecular complexity index is 1490. The third-order valence-corrected chi connectivity index (χ3v) is 7.98. The largest absolute Gasteiger partial charge is 0.462 e. The van der Waals surface area contributed by atoms with Crippen LogP contribution in [0.25, 0.3) is 0 Å². The Kier molecular flexibility index (Phi) is 5.29. The van der Waals surface area contributed by atoms with Crippen molar-refractivity contribution < 1.29 is 34.7 Å². The molecule has 10 heteroatoms. The van der Waals surface area contributed by atoms with Gasteiger partial charge < -0.3 is 17.8 Å². The van der Waals surface area contributed by atoms with Crippen molar-refractivity contribution in [2.75, 3.05) is 0 Å². The minimum Gasteiger partial charge on any atom is -0.462 e. The van der Waals surface area contributed by atoms with Crippen LogP contribution >= 0.6 is 0 Å². The molecule has 2 aliphatic heterocycles. The molecule has 3 aromatic carbocycles. The molecule has 0 amide bonds.